The van der Waals surface area contributed by atoms with Gasteiger partial charge in [-0.1, -0.05) is 0 Å². The lowest BCUT2D eigenvalue weighted by molar-refractivity contribution is -0.758. The van der Waals surface area contributed by atoms with Crippen molar-refractivity contribution in [3.8, 4) is 0 Å². The van der Waals surface area contributed by atoms with Gasteiger partial charge in [0, 0.05) is 6.42 Å². The molecule has 70 valence electrons. The lowest BCUT2D eigenvalue weighted by Crippen LogP contribution is -3.00. The molecule has 3 nitrogen and oxygen atoms in total. The van der Waals surface area contributed by atoms with Crippen molar-refractivity contribution >= 4 is 5.91 Å². The zero-order valence-corrected chi connectivity index (χ0v) is 8.35. The highest BCUT2D eigenvalue weighted by molar-refractivity contribution is 5.78. The maximum atomic E-state index is 11.1. The summed E-state index contributed by atoms with van der Waals surface area (Å²) in [6.45, 7) is 8.46. The molecule has 1 atom stereocenters. The molecule has 0 radical (unpaired) electrons. The van der Waals surface area contributed by atoms with Crippen LogP contribution in [0.3, 0.4) is 0 Å². The molecular weight excluding hydrogens is 152 g/mol. The Hall–Kier alpha value is -0.570. The van der Waals surface area contributed by atoms with Crippen LogP contribution in [0, 0.1) is 5.92 Å². The molecule has 0 aliphatic carbocycles. The van der Waals surface area contributed by atoms with Crippen LogP contribution in [-0.2, 0) is 4.79 Å². The largest absolute Gasteiger partial charge is 0.369 e. The fourth-order valence-electron chi connectivity index (χ4n) is 2.42. The van der Waals surface area contributed by atoms with E-state index in [1.807, 2.05) is 0 Å². The Labute approximate surface area is 73.7 Å². The summed E-state index contributed by atoms with van der Waals surface area (Å²) >= 11 is 0. The molecular formula is C9H19N2O+. The number of rotatable bonds is 1. The standard InChI is InChI=1S/C9H18N2O/c1-8(2)5-6(7(10)12)9(3,4)11-8/h6,11H,5H2,1-4H3,(H2,10,12)/p+1/t6-/m1/s1. The van der Waals surface area contributed by atoms with Gasteiger partial charge in [0.1, 0.15) is 5.54 Å². The minimum atomic E-state index is -0.165. The molecule has 0 aromatic rings. The van der Waals surface area contributed by atoms with Crippen molar-refractivity contribution in [2.45, 2.75) is 45.2 Å². The first-order valence-electron chi connectivity index (χ1n) is 4.41. The quantitative estimate of drug-likeness (QED) is 0.555. The summed E-state index contributed by atoms with van der Waals surface area (Å²) in [5, 5.41) is 2.25. The van der Waals surface area contributed by atoms with Crippen molar-refractivity contribution in [2.75, 3.05) is 0 Å². The van der Waals surface area contributed by atoms with Crippen LogP contribution >= 0.6 is 0 Å². The zero-order chi connectivity index (χ0) is 9.57. The van der Waals surface area contributed by atoms with Gasteiger partial charge in [-0.3, -0.25) is 4.79 Å². The van der Waals surface area contributed by atoms with Gasteiger partial charge in [-0.05, 0) is 27.7 Å². The van der Waals surface area contributed by atoms with Gasteiger partial charge >= 0.3 is 0 Å². The highest BCUT2D eigenvalue weighted by atomic mass is 16.1. The molecule has 1 aliphatic rings. The van der Waals surface area contributed by atoms with E-state index in [0.29, 0.717) is 0 Å². The Bertz CT molecular complexity index is 209. The fraction of sp³-hybridized carbons (Fsp3) is 0.889. The van der Waals surface area contributed by atoms with Crippen molar-refractivity contribution in [2.24, 2.45) is 11.7 Å². The predicted octanol–water partition coefficient (Wildman–Crippen LogP) is -0.388. The normalized spacial score (nSPS) is 31.8. The third-order valence-electron chi connectivity index (χ3n) is 2.73. The lowest BCUT2D eigenvalue weighted by Gasteiger charge is -2.22. The Morgan fingerprint density at radius 2 is 1.92 bits per heavy atom. The monoisotopic (exact) mass is 171 g/mol. The van der Waals surface area contributed by atoms with Gasteiger partial charge in [-0.15, -0.1) is 0 Å². The molecule has 1 saturated heterocycles. The Kier molecular flexibility index (Phi) is 1.95. The molecule has 1 amide bonds. The minimum absolute atomic E-state index is 0.00694. The van der Waals surface area contributed by atoms with Gasteiger partial charge in [0.15, 0.2) is 0 Å². The predicted molar refractivity (Wildman–Crippen MR) is 47.4 cm³/mol. The SMILES string of the molecule is CC1(C)C[C@H](C(N)=O)C(C)(C)[NH2+]1. The summed E-state index contributed by atoms with van der Waals surface area (Å²) in [6, 6.07) is 0. The summed E-state index contributed by atoms with van der Waals surface area (Å²) in [5.41, 5.74) is 5.46. The molecule has 0 aromatic heterocycles. The molecule has 1 fully saturated rings. The van der Waals surface area contributed by atoms with Gasteiger partial charge in [-0.25, -0.2) is 0 Å². The first-order chi connectivity index (χ1) is 5.25. The summed E-state index contributed by atoms with van der Waals surface area (Å²) in [7, 11) is 0. The Morgan fingerprint density at radius 3 is 2.08 bits per heavy atom. The van der Waals surface area contributed by atoms with Gasteiger partial charge in [0.25, 0.3) is 0 Å². The van der Waals surface area contributed by atoms with Crippen LogP contribution in [0.5, 0.6) is 0 Å². The van der Waals surface area contributed by atoms with E-state index >= 15 is 0 Å². The van der Waals surface area contributed by atoms with Crippen molar-refractivity contribution in [1.29, 1.82) is 0 Å². The van der Waals surface area contributed by atoms with Gasteiger partial charge in [0.05, 0.1) is 11.5 Å². The topological polar surface area (TPSA) is 59.7 Å². The van der Waals surface area contributed by atoms with Crippen LogP contribution in [0.25, 0.3) is 0 Å². The van der Waals surface area contributed by atoms with E-state index in [2.05, 4.69) is 33.0 Å². The molecule has 0 saturated carbocycles. The number of amides is 1. The number of carbonyl (C=O) groups excluding carboxylic acids is 1. The summed E-state index contributed by atoms with van der Waals surface area (Å²) < 4.78 is 0. The molecule has 0 aromatic carbocycles. The third-order valence-corrected chi connectivity index (χ3v) is 2.73. The van der Waals surface area contributed by atoms with E-state index < -0.39 is 0 Å². The van der Waals surface area contributed by atoms with E-state index in [1.165, 1.54) is 0 Å². The summed E-state index contributed by atoms with van der Waals surface area (Å²) in [5.74, 6) is -0.158. The van der Waals surface area contributed by atoms with Crippen LogP contribution < -0.4 is 11.1 Å². The molecule has 12 heavy (non-hydrogen) atoms. The first kappa shape index (κ1) is 9.52. The number of nitrogens with two attached hydrogens (primary N) is 2. The van der Waals surface area contributed by atoms with Gasteiger partial charge in [-0.2, -0.15) is 0 Å². The molecule has 0 spiro atoms. The Balaban J connectivity index is 2.85. The summed E-state index contributed by atoms with van der Waals surface area (Å²) in [4.78, 5) is 11.1. The minimum Gasteiger partial charge on any atom is -0.369 e. The summed E-state index contributed by atoms with van der Waals surface area (Å²) in [6.07, 6.45) is 0.884. The number of hydrogen-bond acceptors (Lipinski definition) is 1. The van der Waals surface area contributed by atoms with Crippen molar-refractivity contribution in [3.63, 3.8) is 0 Å². The molecule has 0 unspecified atom stereocenters. The van der Waals surface area contributed by atoms with E-state index in [4.69, 9.17) is 5.73 Å². The highest BCUT2D eigenvalue weighted by Gasteiger charge is 2.51. The second-order valence-electron chi connectivity index (χ2n) is 5.11. The van der Waals surface area contributed by atoms with Crippen LogP contribution in [-0.4, -0.2) is 17.0 Å². The number of carbonyl (C=O) groups is 1. The van der Waals surface area contributed by atoms with Crippen LogP contribution in [0.1, 0.15) is 34.1 Å². The van der Waals surface area contributed by atoms with E-state index in [1.54, 1.807) is 0 Å². The second-order valence-corrected chi connectivity index (χ2v) is 5.11. The average molecular weight is 171 g/mol. The maximum Gasteiger partial charge on any atom is 0.227 e. The number of hydrogen-bond donors (Lipinski definition) is 2. The van der Waals surface area contributed by atoms with Crippen LogP contribution in [0.15, 0.2) is 0 Å². The first-order valence-corrected chi connectivity index (χ1v) is 4.41. The second kappa shape index (κ2) is 2.46. The van der Waals surface area contributed by atoms with Crippen molar-refractivity contribution in [1.82, 2.24) is 0 Å². The average Bonchev–Trinajstić information content (AvgIpc) is 1.99. The molecule has 1 heterocycles. The third kappa shape index (κ3) is 1.61. The molecule has 1 aliphatic heterocycles. The molecule has 1 rings (SSSR count). The van der Waals surface area contributed by atoms with Crippen LogP contribution in [0.2, 0.25) is 0 Å². The van der Waals surface area contributed by atoms with E-state index in [0.717, 1.165) is 6.42 Å². The number of primary amides is 1. The molecule has 0 bridgehead atoms. The zero-order valence-electron chi connectivity index (χ0n) is 8.35. The highest BCUT2D eigenvalue weighted by Crippen LogP contribution is 2.28. The Morgan fingerprint density at radius 1 is 1.42 bits per heavy atom. The lowest BCUT2D eigenvalue weighted by atomic mass is 9.87. The van der Waals surface area contributed by atoms with Crippen molar-refractivity contribution in [3.05, 3.63) is 0 Å². The van der Waals surface area contributed by atoms with E-state index in [9.17, 15) is 4.79 Å². The van der Waals surface area contributed by atoms with Crippen molar-refractivity contribution < 1.29 is 10.1 Å². The van der Waals surface area contributed by atoms with Crippen LogP contribution in [0.4, 0.5) is 0 Å². The van der Waals surface area contributed by atoms with Gasteiger partial charge in [0.2, 0.25) is 5.91 Å². The fourth-order valence-corrected chi connectivity index (χ4v) is 2.42. The van der Waals surface area contributed by atoms with Gasteiger partial charge < -0.3 is 11.1 Å². The van der Waals surface area contributed by atoms with E-state index in [-0.39, 0.29) is 22.9 Å². The smallest absolute Gasteiger partial charge is 0.227 e. The maximum absolute atomic E-state index is 11.1. The molecule has 4 N–H and O–H groups in total. The molecule has 3 heteroatoms. The number of quaternary nitrogens is 1.